The van der Waals surface area contributed by atoms with Crippen molar-refractivity contribution in [2.24, 2.45) is 0 Å². The summed E-state index contributed by atoms with van der Waals surface area (Å²) in [7, 11) is 0. The third-order valence-electron chi connectivity index (χ3n) is 3.71. The van der Waals surface area contributed by atoms with E-state index in [1.807, 2.05) is 6.07 Å². The average molecular weight is 234 g/mol. The summed E-state index contributed by atoms with van der Waals surface area (Å²) < 4.78 is 5.37. The van der Waals surface area contributed by atoms with Crippen molar-refractivity contribution in [3.63, 3.8) is 0 Å². The lowest BCUT2D eigenvalue weighted by molar-refractivity contribution is 0.187. The van der Waals surface area contributed by atoms with Gasteiger partial charge in [-0.15, -0.1) is 0 Å². The molecule has 4 heteroatoms. The second kappa shape index (κ2) is 4.63. The van der Waals surface area contributed by atoms with E-state index in [0.717, 1.165) is 44.6 Å². The van der Waals surface area contributed by atoms with Crippen LogP contribution in [0, 0.1) is 0 Å². The molecule has 0 unspecified atom stereocenters. The van der Waals surface area contributed by atoms with E-state index >= 15 is 0 Å². The third-order valence-corrected chi connectivity index (χ3v) is 3.71. The molecule has 1 aromatic heterocycles. The van der Waals surface area contributed by atoms with Crippen molar-refractivity contribution in [3.05, 3.63) is 33.7 Å². The van der Waals surface area contributed by atoms with Crippen LogP contribution < -0.4 is 10.9 Å². The highest BCUT2D eigenvalue weighted by atomic mass is 16.5. The maximum atomic E-state index is 11.2. The predicted octanol–water partition coefficient (Wildman–Crippen LogP) is 0.611. The Balaban J connectivity index is 1.67. The molecule has 0 saturated carbocycles. The second-order valence-electron chi connectivity index (χ2n) is 4.99. The molecule has 17 heavy (non-hydrogen) atoms. The lowest BCUT2D eigenvalue weighted by atomic mass is 9.91. The van der Waals surface area contributed by atoms with Crippen LogP contribution in [0.5, 0.6) is 0 Å². The smallest absolute Gasteiger partial charge is 0.248 e. The monoisotopic (exact) mass is 234 g/mol. The van der Waals surface area contributed by atoms with Gasteiger partial charge < -0.3 is 15.0 Å². The van der Waals surface area contributed by atoms with Crippen molar-refractivity contribution < 1.29 is 4.74 Å². The molecular formula is C13H18N2O2. The fourth-order valence-corrected chi connectivity index (χ4v) is 2.79. The molecule has 0 bridgehead atoms. The standard InChI is InChI=1S/C13H18N2O2/c16-13-4-1-9-7-10(2-3-12(9)15-13)14-11-5-6-17-8-11/h1,4,10-11,14H,2-3,5-8H2,(H,15,16)/t10-,11+/m1/s1. The molecule has 2 heterocycles. The fourth-order valence-electron chi connectivity index (χ4n) is 2.79. The number of aromatic amines is 1. The first kappa shape index (κ1) is 11.0. The van der Waals surface area contributed by atoms with Gasteiger partial charge in [-0.3, -0.25) is 4.79 Å². The van der Waals surface area contributed by atoms with Crippen LogP contribution in [0.25, 0.3) is 0 Å². The van der Waals surface area contributed by atoms with Crippen molar-refractivity contribution in [1.82, 2.24) is 10.3 Å². The zero-order valence-corrected chi connectivity index (χ0v) is 9.87. The molecule has 1 saturated heterocycles. The van der Waals surface area contributed by atoms with Gasteiger partial charge in [0.05, 0.1) is 6.61 Å². The minimum Gasteiger partial charge on any atom is -0.380 e. The van der Waals surface area contributed by atoms with Gasteiger partial charge >= 0.3 is 0 Å². The Hall–Kier alpha value is -1.13. The Labute approximate surface area is 100 Å². The largest absolute Gasteiger partial charge is 0.380 e. The van der Waals surface area contributed by atoms with Gasteiger partial charge in [0.15, 0.2) is 0 Å². The molecule has 92 valence electrons. The van der Waals surface area contributed by atoms with E-state index in [2.05, 4.69) is 10.3 Å². The minimum absolute atomic E-state index is 0.0133. The van der Waals surface area contributed by atoms with E-state index < -0.39 is 0 Å². The minimum atomic E-state index is 0.0133. The van der Waals surface area contributed by atoms with E-state index in [-0.39, 0.29) is 5.56 Å². The Morgan fingerprint density at radius 3 is 3.06 bits per heavy atom. The summed E-state index contributed by atoms with van der Waals surface area (Å²) in [6, 6.07) is 4.64. The number of hydrogen-bond donors (Lipinski definition) is 2. The molecule has 3 rings (SSSR count). The molecule has 4 nitrogen and oxygen atoms in total. The highest BCUT2D eigenvalue weighted by Crippen LogP contribution is 2.19. The molecular weight excluding hydrogens is 216 g/mol. The summed E-state index contributed by atoms with van der Waals surface area (Å²) in [5, 5.41) is 3.66. The summed E-state index contributed by atoms with van der Waals surface area (Å²) in [4.78, 5) is 14.1. The van der Waals surface area contributed by atoms with Crippen molar-refractivity contribution in [1.29, 1.82) is 0 Å². The van der Waals surface area contributed by atoms with Crippen LogP contribution >= 0.6 is 0 Å². The maximum absolute atomic E-state index is 11.2. The first-order chi connectivity index (χ1) is 8.31. The average Bonchev–Trinajstić information content (AvgIpc) is 2.82. The first-order valence-corrected chi connectivity index (χ1v) is 6.36. The zero-order chi connectivity index (χ0) is 11.7. The van der Waals surface area contributed by atoms with E-state index in [0.29, 0.717) is 12.1 Å². The molecule has 2 aliphatic rings. The van der Waals surface area contributed by atoms with Crippen LogP contribution in [0.2, 0.25) is 0 Å². The first-order valence-electron chi connectivity index (χ1n) is 6.36. The molecule has 1 aromatic rings. The van der Waals surface area contributed by atoms with Crippen LogP contribution in [0.15, 0.2) is 16.9 Å². The quantitative estimate of drug-likeness (QED) is 0.788. The van der Waals surface area contributed by atoms with Gasteiger partial charge in [0, 0.05) is 30.5 Å². The molecule has 0 aromatic carbocycles. The Morgan fingerprint density at radius 1 is 1.29 bits per heavy atom. The summed E-state index contributed by atoms with van der Waals surface area (Å²) in [6.45, 7) is 1.73. The van der Waals surface area contributed by atoms with E-state index in [1.54, 1.807) is 6.07 Å². The molecule has 1 aliphatic heterocycles. The number of ether oxygens (including phenoxy) is 1. The number of H-pyrrole nitrogens is 1. The highest BCUT2D eigenvalue weighted by molar-refractivity contribution is 5.24. The molecule has 0 radical (unpaired) electrons. The molecule has 2 atom stereocenters. The van der Waals surface area contributed by atoms with Crippen LogP contribution in [0.1, 0.15) is 24.1 Å². The van der Waals surface area contributed by atoms with Gasteiger partial charge in [0.2, 0.25) is 5.56 Å². The van der Waals surface area contributed by atoms with Gasteiger partial charge in [0.25, 0.3) is 0 Å². The van der Waals surface area contributed by atoms with Gasteiger partial charge in [0.1, 0.15) is 0 Å². The van der Waals surface area contributed by atoms with E-state index in [1.165, 1.54) is 5.56 Å². The molecule has 2 N–H and O–H groups in total. The summed E-state index contributed by atoms with van der Waals surface area (Å²) in [5.74, 6) is 0. The number of aryl methyl sites for hydroxylation is 1. The topological polar surface area (TPSA) is 54.1 Å². The third kappa shape index (κ3) is 2.42. The van der Waals surface area contributed by atoms with Gasteiger partial charge in [-0.2, -0.15) is 0 Å². The van der Waals surface area contributed by atoms with Crippen LogP contribution in [0.3, 0.4) is 0 Å². The SMILES string of the molecule is O=c1ccc2c([nH]1)CC[C@@H](N[C@H]1CCOC1)C2. The number of rotatable bonds is 2. The van der Waals surface area contributed by atoms with Crippen molar-refractivity contribution >= 4 is 0 Å². The number of hydrogen-bond acceptors (Lipinski definition) is 3. The van der Waals surface area contributed by atoms with Crippen LogP contribution in [0.4, 0.5) is 0 Å². The maximum Gasteiger partial charge on any atom is 0.248 e. The molecule has 0 spiro atoms. The summed E-state index contributed by atoms with van der Waals surface area (Å²) >= 11 is 0. The van der Waals surface area contributed by atoms with E-state index in [4.69, 9.17) is 4.74 Å². The van der Waals surface area contributed by atoms with Crippen LogP contribution in [-0.4, -0.2) is 30.3 Å². The lowest BCUT2D eigenvalue weighted by Gasteiger charge is -2.27. The van der Waals surface area contributed by atoms with Gasteiger partial charge in [-0.1, -0.05) is 6.07 Å². The number of nitrogens with one attached hydrogen (secondary N) is 2. The number of fused-ring (bicyclic) bond motifs is 1. The van der Waals surface area contributed by atoms with Gasteiger partial charge in [-0.25, -0.2) is 0 Å². The summed E-state index contributed by atoms with van der Waals surface area (Å²) in [6.07, 6.45) is 4.21. The molecule has 1 aliphatic carbocycles. The van der Waals surface area contributed by atoms with Crippen LogP contribution in [-0.2, 0) is 17.6 Å². The Bertz CT molecular complexity index is 449. The fraction of sp³-hybridized carbons (Fsp3) is 0.615. The number of pyridine rings is 1. The Kier molecular flexibility index (Phi) is 2.99. The van der Waals surface area contributed by atoms with E-state index in [9.17, 15) is 4.79 Å². The molecule has 0 amide bonds. The Morgan fingerprint density at radius 2 is 2.24 bits per heavy atom. The van der Waals surface area contributed by atoms with Gasteiger partial charge in [-0.05, 0) is 31.2 Å². The predicted molar refractivity (Wildman–Crippen MR) is 65.2 cm³/mol. The molecule has 1 fully saturated rings. The van der Waals surface area contributed by atoms with Crippen molar-refractivity contribution in [2.45, 2.75) is 37.8 Å². The highest BCUT2D eigenvalue weighted by Gasteiger charge is 2.23. The normalized spacial score (nSPS) is 28.0. The lowest BCUT2D eigenvalue weighted by Crippen LogP contribution is -2.42. The van der Waals surface area contributed by atoms with Crippen molar-refractivity contribution in [3.8, 4) is 0 Å². The summed E-state index contributed by atoms with van der Waals surface area (Å²) in [5.41, 5.74) is 2.42. The zero-order valence-electron chi connectivity index (χ0n) is 9.87. The van der Waals surface area contributed by atoms with Crippen molar-refractivity contribution in [2.75, 3.05) is 13.2 Å². The number of aromatic nitrogens is 1. The second-order valence-corrected chi connectivity index (χ2v) is 4.99.